The number of aromatic nitrogens is 3. The predicted octanol–water partition coefficient (Wildman–Crippen LogP) is 2.03. The Morgan fingerprint density at radius 3 is 2.59 bits per heavy atom. The summed E-state index contributed by atoms with van der Waals surface area (Å²) >= 11 is 0. The maximum absolute atomic E-state index is 12.1. The van der Waals surface area contributed by atoms with E-state index in [9.17, 15) is 4.79 Å². The van der Waals surface area contributed by atoms with Crippen LogP contribution in [0.3, 0.4) is 0 Å². The number of carbonyl (C=O) groups excluding carboxylic acids is 1. The second-order valence-electron chi connectivity index (χ2n) is 5.69. The van der Waals surface area contributed by atoms with Crippen LogP contribution in [-0.2, 0) is 6.54 Å². The summed E-state index contributed by atoms with van der Waals surface area (Å²) in [5, 5.41) is 10.8. The van der Waals surface area contributed by atoms with Crippen molar-refractivity contribution in [3.05, 3.63) is 41.1 Å². The fraction of sp³-hybridized carbons (Fsp3) is 0.438. The Labute approximate surface area is 130 Å². The topological polar surface area (TPSA) is 69.0 Å². The normalized spacial score (nSPS) is 10.8. The molecule has 0 unspecified atom stereocenters. The standard InChI is InChI=1S/C16H22N4O2/c1-11(2)9-17-15(21)14-16(22-4)20(19-18-14)10-13-7-5-12(3)6-8-13/h5-8,11H,9-10H2,1-4H3,(H,17,21). The van der Waals surface area contributed by atoms with E-state index in [4.69, 9.17) is 4.74 Å². The van der Waals surface area contributed by atoms with Gasteiger partial charge in [0.25, 0.3) is 5.91 Å². The average Bonchev–Trinajstić information content (AvgIpc) is 2.89. The van der Waals surface area contributed by atoms with Gasteiger partial charge in [0.2, 0.25) is 11.6 Å². The molecule has 0 aliphatic carbocycles. The van der Waals surface area contributed by atoms with Crippen molar-refractivity contribution in [1.29, 1.82) is 0 Å². The summed E-state index contributed by atoms with van der Waals surface area (Å²) in [6.45, 7) is 7.20. The molecule has 0 bridgehead atoms. The first-order valence-electron chi connectivity index (χ1n) is 7.32. The fourth-order valence-corrected chi connectivity index (χ4v) is 2.00. The zero-order valence-electron chi connectivity index (χ0n) is 13.5. The Kier molecular flexibility index (Phi) is 5.14. The Balaban J connectivity index is 2.16. The largest absolute Gasteiger partial charge is 0.479 e. The number of hydrogen-bond donors (Lipinski definition) is 1. The third-order valence-electron chi connectivity index (χ3n) is 3.22. The fourth-order valence-electron chi connectivity index (χ4n) is 2.00. The molecule has 2 aromatic rings. The number of nitrogens with one attached hydrogen (secondary N) is 1. The second kappa shape index (κ2) is 7.06. The van der Waals surface area contributed by atoms with E-state index in [2.05, 4.69) is 15.6 Å². The van der Waals surface area contributed by atoms with Gasteiger partial charge in [-0.2, -0.15) is 0 Å². The average molecular weight is 302 g/mol. The highest BCUT2D eigenvalue weighted by atomic mass is 16.5. The van der Waals surface area contributed by atoms with E-state index in [-0.39, 0.29) is 11.6 Å². The van der Waals surface area contributed by atoms with Gasteiger partial charge in [0, 0.05) is 6.54 Å². The van der Waals surface area contributed by atoms with Crippen molar-refractivity contribution in [2.75, 3.05) is 13.7 Å². The minimum atomic E-state index is -0.263. The lowest BCUT2D eigenvalue weighted by Crippen LogP contribution is -2.28. The van der Waals surface area contributed by atoms with Gasteiger partial charge in [0.15, 0.2) is 0 Å². The van der Waals surface area contributed by atoms with Gasteiger partial charge in [-0.05, 0) is 18.4 Å². The van der Waals surface area contributed by atoms with Gasteiger partial charge in [-0.1, -0.05) is 48.9 Å². The molecule has 0 fully saturated rings. The molecular weight excluding hydrogens is 280 g/mol. The Morgan fingerprint density at radius 2 is 2.00 bits per heavy atom. The minimum Gasteiger partial charge on any atom is -0.479 e. The predicted molar refractivity (Wildman–Crippen MR) is 84.0 cm³/mol. The number of carbonyl (C=O) groups is 1. The number of hydrogen-bond acceptors (Lipinski definition) is 4. The van der Waals surface area contributed by atoms with E-state index in [0.717, 1.165) is 5.56 Å². The van der Waals surface area contributed by atoms with Gasteiger partial charge in [-0.25, -0.2) is 4.68 Å². The number of ether oxygens (including phenoxy) is 1. The summed E-state index contributed by atoms with van der Waals surface area (Å²) in [6.07, 6.45) is 0. The van der Waals surface area contributed by atoms with Crippen LogP contribution in [0.5, 0.6) is 5.88 Å². The molecule has 118 valence electrons. The SMILES string of the molecule is COc1c(C(=O)NCC(C)C)nnn1Cc1ccc(C)cc1. The van der Waals surface area contributed by atoms with Crippen LogP contribution in [0.4, 0.5) is 0 Å². The van der Waals surface area contributed by atoms with Crippen LogP contribution in [0.15, 0.2) is 24.3 Å². The molecule has 1 N–H and O–H groups in total. The number of benzene rings is 1. The lowest BCUT2D eigenvalue weighted by atomic mass is 10.1. The Morgan fingerprint density at radius 1 is 1.32 bits per heavy atom. The number of methoxy groups -OCH3 is 1. The lowest BCUT2D eigenvalue weighted by molar-refractivity contribution is 0.0940. The van der Waals surface area contributed by atoms with Crippen LogP contribution in [-0.4, -0.2) is 34.6 Å². The summed E-state index contributed by atoms with van der Waals surface area (Å²) in [5.74, 6) is 0.486. The number of amides is 1. The molecule has 0 atom stereocenters. The van der Waals surface area contributed by atoms with Gasteiger partial charge in [-0.3, -0.25) is 4.79 Å². The molecule has 2 rings (SSSR count). The Hall–Kier alpha value is -2.37. The van der Waals surface area contributed by atoms with Gasteiger partial charge < -0.3 is 10.1 Å². The van der Waals surface area contributed by atoms with E-state index < -0.39 is 0 Å². The summed E-state index contributed by atoms with van der Waals surface area (Å²) in [5.41, 5.74) is 2.49. The van der Waals surface area contributed by atoms with Gasteiger partial charge in [0.05, 0.1) is 13.7 Å². The molecule has 0 radical (unpaired) electrons. The van der Waals surface area contributed by atoms with Crippen LogP contribution in [0.2, 0.25) is 0 Å². The van der Waals surface area contributed by atoms with E-state index in [0.29, 0.717) is 24.9 Å². The van der Waals surface area contributed by atoms with Crippen LogP contribution in [0.25, 0.3) is 0 Å². The highest BCUT2D eigenvalue weighted by Crippen LogP contribution is 2.17. The monoisotopic (exact) mass is 302 g/mol. The van der Waals surface area contributed by atoms with Crippen molar-refractivity contribution >= 4 is 5.91 Å². The molecule has 0 spiro atoms. The zero-order valence-corrected chi connectivity index (χ0v) is 13.5. The Bertz CT molecular complexity index is 632. The summed E-state index contributed by atoms with van der Waals surface area (Å²) in [4.78, 5) is 12.1. The van der Waals surface area contributed by atoms with Crippen molar-refractivity contribution < 1.29 is 9.53 Å². The van der Waals surface area contributed by atoms with E-state index in [1.807, 2.05) is 45.0 Å². The van der Waals surface area contributed by atoms with Crippen LogP contribution < -0.4 is 10.1 Å². The second-order valence-corrected chi connectivity index (χ2v) is 5.69. The third kappa shape index (κ3) is 3.84. The lowest BCUT2D eigenvalue weighted by Gasteiger charge is -2.08. The van der Waals surface area contributed by atoms with E-state index in [1.54, 1.807) is 4.68 Å². The van der Waals surface area contributed by atoms with Crippen molar-refractivity contribution in [3.8, 4) is 5.88 Å². The van der Waals surface area contributed by atoms with Crippen molar-refractivity contribution in [1.82, 2.24) is 20.3 Å². The van der Waals surface area contributed by atoms with E-state index in [1.165, 1.54) is 12.7 Å². The maximum Gasteiger partial charge on any atom is 0.277 e. The van der Waals surface area contributed by atoms with Crippen molar-refractivity contribution in [3.63, 3.8) is 0 Å². The first-order chi connectivity index (χ1) is 10.5. The molecule has 0 saturated carbocycles. The van der Waals surface area contributed by atoms with Gasteiger partial charge in [0.1, 0.15) is 0 Å². The highest BCUT2D eigenvalue weighted by Gasteiger charge is 2.20. The quantitative estimate of drug-likeness (QED) is 0.886. The molecule has 6 heteroatoms. The summed E-state index contributed by atoms with van der Waals surface area (Å²) in [7, 11) is 1.52. The molecule has 6 nitrogen and oxygen atoms in total. The summed E-state index contributed by atoms with van der Waals surface area (Å²) < 4.78 is 6.91. The number of aryl methyl sites for hydroxylation is 1. The van der Waals surface area contributed by atoms with Crippen LogP contribution in [0.1, 0.15) is 35.5 Å². The maximum atomic E-state index is 12.1. The molecule has 1 heterocycles. The molecule has 0 aliphatic heterocycles. The number of nitrogens with zero attached hydrogens (tertiary/aromatic N) is 3. The van der Waals surface area contributed by atoms with Crippen molar-refractivity contribution in [2.24, 2.45) is 5.92 Å². The van der Waals surface area contributed by atoms with Crippen LogP contribution in [0, 0.1) is 12.8 Å². The smallest absolute Gasteiger partial charge is 0.277 e. The molecular formula is C16H22N4O2. The third-order valence-corrected chi connectivity index (χ3v) is 3.22. The number of rotatable bonds is 6. The van der Waals surface area contributed by atoms with Gasteiger partial charge >= 0.3 is 0 Å². The minimum absolute atomic E-state index is 0.218. The molecule has 1 amide bonds. The molecule has 22 heavy (non-hydrogen) atoms. The molecule has 0 saturated heterocycles. The highest BCUT2D eigenvalue weighted by molar-refractivity contribution is 5.94. The van der Waals surface area contributed by atoms with Gasteiger partial charge in [-0.15, -0.1) is 5.10 Å². The zero-order chi connectivity index (χ0) is 16.1. The molecule has 0 aliphatic rings. The van der Waals surface area contributed by atoms with Crippen molar-refractivity contribution in [2.45, 2.75) is 27.3 Å². The summed E-state index contributed by atoms with van der Waals surface area (Å²) in [6, 6.07) is 8.12. The first kappa shape index (κ1) is 16.0. The molecule has 1 aromatic carbocycles. The molecule has 1 aromatic heterocycles. The first-order valence-corrected chi connectivity index (χ1v) is 7.32. The van der Waals surface area contributed by atoms with Crippen LogP contribution >= 0.6 is 0 Å². The van der Waals surface area contributed by atoms with E-state index >= 15 is 0 Å².